The Morgan fingerprint density at radius 2 is 2.00 bits per heavy atom. The third kappa shape index (κ3) is 5.46. The molecule has 1 aliphatic heterocycles. The van der Waals surface area contributed by atoms with Crippen LogP contribution < -0.4 is 5.32 Å². The molecule has 1 fully saturated rings. The van der Waals surface area contributed by atoms with Crippen molar-refractivity contribution in [2.45, 2.75) is 32.0 Å². The molecule has 3 nitrogen and oxygen atoms in total. The fourth-order valence-electron chi connectivity index (χ4n) is 0.929. The Bertz CT molecular complexity index is 95.1. The van der Waals surface area contributed by atoms with Gasteiger partial charge in [0.2, 0.25) is 0 Å². The lowest BCUT2D eigenvalue weighted by atomic mass is 10.1. The van der Waals surface area contributed by atoms with Gasteiger partial charge in [0.25, 0.3) is 0 Å². The molecule has 1 saturated heterocycles. The highest BCUT2D eigenvalue weighted by Crippen LogP contribution is 2.15. The van der Waals surface area contributed by atoms with Crippen molar-refractivity contribution in [3.63, 3.8) is 0 Å². The molecule has 0 saturated carbocycles. The van der Waals surface area contributed by atoms with Gasteiger partial charge in [-0.2, -0.15) is 4.94 Å². The Kier molecular flexibility index (Phi) is 7.34. The smallest absolute Gasteiger partial charge is 0.122 e. The normalized spacial score (nSPS) is 29.0. The van der Waals surface area contributed by atoms with E-state index in [0.717, 1.165) is 12.8 Å². The van der Waals surface area contributed by atoms with Gasteiger partial charge in [0.1, 0.15) is 6.10 Å². The van der Waals surface area contributed by atoms with Crippen molar-refractivity contribution in [1.82, 2.24) is 5.32 Å². The summed E-state index contributed by atoms with van der Waals surface area (Å²) in [4.78, 5) is 3.61. The average Bonchev–Trinajstić information content (AvgIpc) is 2.07. The van der Waals surface area contributed by atoms with Crippen LogP contribution in [0.15, 0.2) is 0 Å². The van der Waals surface area contributed by atoms with Crippen LogP contribution in [0.1, 0.15) is 19.8 Å². The molecule has 0 aliphatic carbocycles. The van der Waals surface area contributed by atoms with Gasteiger partial charge in [-0.05, 0) is 38.4 Å². The predicted octanol–water partition coefficient (Wildman–Crippen LogP) is 1.29. The molecule has 0 radical (unpaired) electrons. The Labute approximate surface area is 73.1 Å². The number of halogens is 1. The quantitative estimate of drug-likeness (QED) is 0.658. The minimum absolute atomic E-state index is 0.274. The van der Waals surface area contributed by atoms with Gasteiger partial charge >= 0.3 is 0 Å². The highest BCUT2D eigenvalue weighted by atomic mass is 19.3. The van der Waals surface area contributed by atoms with Crippen LogP contribution >= 0.6 is 0 Å². The predicted molar refractivity (Wildman–Crippen MR) is 45.6 cm³/mol. The van der Waals surface area contributed by atoms with Gasteiger partial charge in [0, 0.05) is 0 Å². The number of hydrogen-bond acceptors (Lipinski definition) is 3. The lowest BCUT2D eigenvalue weighted by molar-refractivity contribution is -0.215. The Hall–Kier alpha value is -0.190. The molecule has 1 N–H and O–H groups in total. The Morgan fingerprint density at radius 1 is 1.42 bits per heavy atom. The summed E-state index contributed by atoms with van der Waals surface area (Å²) < 4.78 is 16.5. The van der Waals surface area contributed by atoms with Crippen molar-refractivity contribution in [3.05, 3.63) is 0 Å². The van der Waals surface area contributed by atoms with Gasteiger partial charge in [-0.3, -0.25) is 0 Å². The Morgan fingerprint density at radius 3 is 2.33 bits per heavy atom. The number of hydrogen-bond donors (Lipinski definition) is 1. The second-order valence-electron chi connectivity index (χ2n) is 2.93. The summed E-state index contributed by atoms with van der Waals surface area (Å²) in [5.41, 5.74) is 0. The van der Waals surface area contributed by atoms with Crippen molar-refractivity contribution in [2.24, 2.45) is 0 Å². The fraction of sp³-hybridized carbons (Fsp3) is 1.00. The largest absolute Gasteiger partial charge is 0.376 e. The number of rotatable bonds is 1. The molecule has 0 aromatic heterocycles. The van der Waals surface area contributed by atoms with Crippen LogP contribution in [0.25, 0.3) is 0 Å². The van der Waals surface area contributed by atoms with E-state index < -0.39 is 0 Å². The van der Waals surface area contributed by atoms with E-state index in [1.54, 1.807) is 0 Å². The molecule has 12 heavy (non-hydrogen) atoms. The van der Waals surface area contributed by atoms with Crippen LogP contribution in [-0.4, -0.2) is 32.9 Å². The summed E-state index contributed by atoms with van der Waals surface area (Å²) >= 11 is 0. The van der Waals surface area contributed by atoms with E-state index in [4.69, 9.17) is 4.74 Å². The topological polar surface area (TPSA) is 30.5 Å². The molecule has 0 amide bonds. The first-order chi connectivity index (χ1) is 5.74. The standard InChI is InChI=1S/C6H11FO2.C2H7N/c1-5-2-3-6(9-7)4-8-5;1-3-2/h5-6H,2-4H2,1H3;3H,1-2H3/t5-,6?;/m1./s1. The lowest BCUT2D eigenvalue weighted by Gasteiger charge is -2.23. The van der Waals surface area contributed by atoms with Crippen molar-refractivity contribution < 1.29 is 14.2 Å². The molecular weight excluding hydrogens is 161 g/mol. The van der Waals surface area contributed by atoms with Gasteiger partial charge in [0.15, 0.2) is 0 Å². The van der Waals surface area contributed by atoms with Crippen LogP contribution in [-0.2, 0) is 9.68 Å². The van der Waals surface area contributed by atoms with Crippen LogP contribution in [0.2, 0.25) is 0 Å². The Balaban J connectivity index is 0.000000354. The first kappa shape index (κ1) is 11.8. The van der Waals surface area contributed by atoms with Crippen LogP contribution in [0.3, 0.4) is 0 Å². The molecule has 1 heterocycles. The first-order valence-electron chi connectivity index (χ1n) is 4.22. The van der Waals surface area contributed by atoms with Crippen LogP contribution in [0.4, 0.5) is 4.53 Å². The zero-order chi connectivity index (χ0) is 9.40. The van der Waals surface area contributed by atoms with E-state index in [0.29, 0.717) is 6.61 Å². The van der Waals surface area contributed by atoms with E-state index in [-0.39, 0.29) is 12.2 Å². The van der Waals surface area contributed by atoms with Crippen molar-refractivity contribution >= 4 is 0 Å². The van der Waals surface area contributed by atoms with Crippen molar-refractivity contribution in [3.8, 4) is 0 Å². The minimum atomic E-state index is -0.318. The van der Waals surface area contributed by atoms with Gasteiger partial charge in [-0.1, -0.05) is 0 Å². The molecule has 0 bridgehead atoms. The third-order valence-corrected chi connectivity index (χ3v) is 1.59. The molecule has 1 rings (SSSR count). The summed E-state index contributed by atoms with van der Waals surface area (Å²) in [6.45, 7) is 2.38. The highest BCUT2D eigenvalue weighted by Gasteiger charge is 2.19. The maximum atomic E-state index is 11.4. The molecule has 74 valence electrons. The zero-order valence-electron chi connectivity index (χ0n) is 7.97. The second kappa shape index (κ2) is 7.46. The maximum absolute atomic E-state index is 11.4. The zero-order valence-corrected chi connectivity index (χ0v) is 7.97. The molecule has 0 spiro atoms. The number of nitrogens with one attached hydrogen (secondary N) is 1. The summed E-state index contributed by atoms with van der Waals surface area (Å²) in [5, 5.41) is 2.75. The summed E-state index contributed by atoms with van der Waals surface area (Å²) in [6.07, 6.45) is 1.63. The molecule has 4 heteroatoms. The molecule has 0 aromatic carbocycles. The lowest BCUT2D eigenvalue weighted by Crippen LogP contribution is -2.27. The highest BCUT2D eigenvalue weighted by molar-refractivity contribution is 4.65. The van der Waals surface area contributed by atoms with Crippen molar-refractivity contribution in [1.29, 1.82) is 0 Å². The van der Waals surface area contributed by atoms with Crippen LogP contribution in [0.5, 0.6) is 0 Å². The monoisotopic (exact) mass is 179 g/mol. The SMILES string of the molecule is CNC.C[C@@H]1CCC(OF)CO1. The van der Waals surface area contributed by atoms with Crippen LogP contribution in [0, 0.1) is 0 Å². The van der Waals surface area contributed by atoms with Gasteiger partial charge in [-0.25, -0.2) is 0 Å². The third-order valence-electron chi connectivity index (χ3n) is 1.59. The molecule has 1 aliphatic rings. The van der Waals surface area contributed by atoms with Gasteiger partial charge in [-0.15, -0.1) is 0 Å². The number of ether oxygens (including phenoxy) is 1. The van der Waals surface area contributed by atoms with E-state index in [1.807, 2.05) is 21.0 Å². The summed E-state index contributed by atoms with van der Waals surface area (Å²) in [6, 6.07) is 0. The summed E-state index contributed by atoms with van der Waals surface area (Å²) in [7, 11) is 3.75. The van der Waals surface area contributed by atoms with Gasteiger partial charge in [0.05, 0.1) is 12.7 Å². The van der Waals surface area contributed by atoms with E-state index in [9.17, 15) is 4.53 Å². The maximum Gasteiger partial charge on any atom is 0.122 e. The molecule has 2 atom stereocenters. The fourth-order valence-corrected chi connectivity index (χ4v) is 0.929. The molecule has 0 aromatic rings. The van der Waals surface area contributed by atoms with E-state index >= 15 is 0 Å². The van der Waals surface area contributed by atoms with Gasteiger partial charge < -0.3 is 10.1 Å². The first-order valence-corrected chi connectivity index (χ1v) is 4.22. The molecule has 1 unspecified atom stereocenters. The van der Waals surface area contributed by atoms with E-state index in [1.165, 1.54) is 0 Å². The second-order valence-corrected chi connectivity index (χ2v) is 2.93. The minimum Gasteiger partial charge on any atom is -0.376 e. The van der Waals surface area contributed by atoms with Crippen molar-refractivity contribution in [2.75, 3.05) is 20.7 Å². The summed E-state index contributed by atoms with van der Waals surface area (Å²) in [5.74, 6) is 0. The average molecular weight is 179 g/mol. The van der Waals surface area contributed by atoms with E-state index in [2.05, 4.69) is 10.3 Å². The molecular formula is C8H18FNO2.